The first kappa shape index (κ1) is 23.0. The van der Waals surface area contributed by atoms with Gasteiger partial charge in [0.25, 0.3) is 0 Å². The summed E-state index contributed by atoms with van der Waals surface area (Å²) in [5.74, 6) is 0. The molecule has 0 bridgehead atoms. The molecule has 0 radical (unpaired) electrons. The molecule has 1 aliphatic rings. The molecule has 0 N–H and O–H groups in total. The average molecular weight is 353 g/mol. The average Bonchev–Trinajstić information content (AvgIpc) is 2.63. The van der Waals surface area contributed by atoms with E-state index in [2.05, 4.69) is 21.0 Å². The summed E-state index contributed by atoms with van der Waals surface area (Å²) >= 11 is 0. The second-order valence-electron chi connectivity index (χ2n) is 9.39. The summed E-state index contributed by atoms with van der Waals surface area (Å²) in [4.78, 5) is 0. The Labute approximate surface area is 160 Å². The third-order valence-electron chi connectivity index (χ3n) is 6.65. The van der Waals surface area contributed by atoms with Gasteiger partial charge in [0.15, 0.2) is 0 Å². The molecule has 0 aromatic rings. The molecular weight excluding hydrogens is 302 g/mol. The maximum atomic E-state index is 2.48. The fourth-order valence-corrected chi connectivity index (χ4v) is 4.68. The molecule has 1 nitrogen and oxygen atoms in total. The van der Waals surface area contributed by atoms with Crippen molar-refractivity contribution in [3.63, 3.8) is 0 Å². The molecule has 0 spiro atoms. The van der Waals surface area contributed by atoms with Gasteiger partial charge in [0.2, 0.25) is 0 Å². The molecule has 1 rings (SSSR count). The van der Waals surface area contributed by atoms with Crippen molar-refractivity contribution in [3.8, 4) is 0 Å². The van der Waals surface area contributed by atoms with Gasteiger partial charge in [0.1, 0.15) is 0 Å². The largest absolute Gasteiger partial charge is 0.326 e. The Hall–Kier alpha value is -0.0400. The zero-order chi connectivity index (χ0) is 18.2. The molecule has 0 atom stereocenters. The summed E-state index contributed by atoms with van der Waals surface area (Å²) < 4.78 is 1.29. The SMILES string of the molecule is CCCCCCCCCCCCCCCC[N+](C)(C)C1CCCCC1. The topological polar surface area (TPSA) is 0 Å². The number of hydrogen-bond donors (Lipinski definition) is 0. The van der Waals surface area contributed by atoms with Crippen LogP contribution in [0.3, 0.4) is 0 Å². The predicted octanol–water partition coefficient (Wildman–Crippen LogP) is 7.88. The quantitative estimate of drug-likeness (QED) is 0.196. The molecule has 0 saturated heterocycles. The zero-order valence-electron chi connectivity index (χ0n) is 18.2. The minimum Gasteiger partial charge on any atom is -0.326 e. The first-order valence-electron chi connectivity index (χ1n) is 12.0. The standard InChI is InChI=1S/C24H50N/c1-4-5-6-7-8-9-10-11-12-13-14-15-16-20-23-25(2,3)24-21-18-17-19-22-24/h24H,4-23H2,1-3H3/q+1. The first-order chi connectivity index (χ1) is 12.2. The van der Waals surface area contributed by atoms with Gasteiger partial charge in [0, 0.05) is 0 Å². The Balaban J connectivity index is 1.82. The van der Waals surface area contributed by atoms with Crippen LogP contribution in [0.1, 0.15) is 129 Å². The molecule has 1 fully saturated rings. The number of unbranched alkanes of at least 4 members (excludes halogenated alkanes) is 13. The molecule has 0 aromatic carbocycles. The third-order valence-corrected chi connectivity index (χ3v) is 6.65. The Morgan fingerprint density at radius 2 is 0.960 bits per heavy atom. The van der Waals surface area contributed by atoms with Gasteiger partial charge in [-0.2, -0.15) is 0 Å². The molecule has 1 aliphatic carbocycles. The van der Waals surface area contributed by atoms with Crippen LogP contribution in [0, 0.1) is 0 Å². The third kappa shape index (κ3) is 12.1. The molecule has 0 heterocycles. The normalized spacial score (nSPS) is 16.4. The van der Waals surface area contributed by atoms with Gasteiger partial charge >= 0.3 is 0 Å². The minimum absolute atomic E-state index is 0.954. The van der Waals surface area contributed by atoms with Crippen LogP contribution in [0.4, 0.5) is 0 Å². The lowest BCUT2D eigenvalue weighted by atomic mass is 9.93. The first-order valence-corrected chi connectivity index (χ1v) is 12.0. The molecular formula is C24H50N+. The van der Waals surface area contributed by atoms with Crippen molar-refractivity contribution in [3.05, 3.63) is 0 Å². The van der Waals surface area contributed by atoms with Gasteiger partial charge in [-0.3, -0.25) is 0 Å². The van der Waals surface area contributed by atoms with Crippen LogP contribution in [0.25, 0.3) is 0 Å². The van der Waals surface area contributed by atoms with Gasteiger partial charge in [-0.15, -0.1) is 0 Å². The highest BCUT2D eigenvalue weighted by Gasteiger charge is 2.28. The van der Waals surface area contributed by atoms with Crippen LogP contribution in [0.2, 0.25) is 0 Å². The van der Waals surface area contributed by atoms with E-state index in [1.807, 2.05) is 0 Å². The van der Waals surface area contributed by atoms with Crippen molar-refractivity contribution < 1.29 is 4.48 Å². The summed E-state index contributed by atoms with van der Waals surface area (Å²) in [6.07, 6.45) is 27.9. The van der Waals surface area contributed by atoms with Crippen LogP contribution in [-0.2, 0) is 0 Å². The van der Waals surface area contributed by atoms with Crippen LogP contribution in [0.5, 0.6) is 0 Å². The summed E-state index contributed by atoms with van der Waals surface area (Å²) in [7, 11) is 4.97. The number of quaternary nitrogens is 1. The highest BCUT2D eigenvalue weighted by Crippen LogP contribution is 2.26. The van der Waals surface area contributed by atoms with E-state index in [4.69, 9.17) is 0 Å². The molecule has 1 heteroatoms. The number of hydrogen-bond acceptors (Lipinski definition) is 0. The molecule has 25 heavy (non-hydrogen) atoms. The molecule has 0 amide bonds. The smallest absolute Gasteiger partial charge is 0.0886 e. The van der Waals surface area contributed by atoms with Crippen LogP contribution < -0.4 is 0 Å². The van der Waals surface area contributed by atoms with Gasteiger partial charge in [-0.05, 0) is 38.5 Å². The van der Waals surface area contributed by atoms with Gasteiger partial charge in [0.05, 0.1) is 26.7 Å². The van der Waals surface area contributed by atoms with Crippen molar-refractivity contribution >= 4 is 0 Å². The molecule has 0 unspecified atom stereocenters. The van der Waals surface area contributed by atoms with Gasteiger partial charge in [-0.25, -0.2) is 0 Å². The van der Waals surface area contributed by atoms with Crippen molar-refractivity contribution in [1.29, 1.82) is 0 Å². The van der Waals surface area contributed by atoms with E-state index in [9.17, 15) is 0 Å². The van der Waals surface area contributed by atoms with E-state index in [0.29, 0.717) is 0 Å². The maximum Gasteiger partial charge on any atom is 0.0886 e. The Bertz CT molecular complexity index is 278. The summed E-state index contributed by atoms with van der Waals surface area (Å²) in [6.45, 7) is 3.71. The summed E-state index contributed by atoms with van der Waals surface area (Å²) in [6, 6.07) is 0.954. The highest BCUT2D eigenvalue weighted by molar-refractivity contribution is 4.66. The van der Waals surface area contributed by atoms with E-state index < -0.39 is 0 Å². The van der Waals surface area contributed by atoms with Crippen molar-refractivity contribution in [2.45, 2.75) is 135 Å². The van der Waals surface area contributed by atoms with Gasteiger partial charge < -0.3 is 4.48 Å². The Morgan fingerprint density at radius 3 is 1.40 bits per heavy atom. The fourth-order valence-electron chi connectivity index (χ4n) is 4.68. The van der Waals surface area contributed by atoms with Gasteiger partial charge in [-0.1, -0.05) is 90.4 Å². The molecule has 1 saturated carbocycles. The van der Waals surface area contributed by atoms with E-state index >= 15 is 0 Å². The van der Waals surface area contributed by atoms with Crippen molar-refractivity contribution in [2.75, 3.05) is 20.6 Å². The lowest BCUT2D eigenvalue weighted by Crippen LogP contribution is -2.50. The fraction of sp³-hybridized carbons (Fsp3) is 1.00. The Morgan fingerprint density at radius 1 is 0.560 bits per heavy atom. The molecule has 150 valence electrons. The molecule has 0 aromatic heterocycles. The van der Waals surface area contributed by atoms with E-state index in [-0.39, 0.29) is 0 Å². The summed E-state index contributed by atoms with van der Waals surface area (Å²) in [5.41, 5.74) is 0. The lowest BCUT2D eigenvalue weighted by molar-refractivity contribution is -0.916. The van der Waals surface area contributed by atoms with E-state index in [1.165, 1.54) is 133 Å². The van der Waals surface area contributed by atoms with E-state index in [0.717, 1.165) is 6.04 Å². The summed E-state index contributed by atoms with van der Waals surface area (Å²) in [5, 5.41) is 0. The lowest BCUT2D eigenvalue weighted by Gasteiger charge is -2.40. The number of rotatable bonds is 16. The second kappa shape index (κ2) is 15.1. The second-order valence-corrected chi connectivity index (χ2v) is 9.39. The monoisotopic (exact) mass is 352 g/mol. The molecule has 0 aliphatic heterocycles. The highest BCUT2D eigenvalue weighted by atomic mass is 15.3. The Kier molecular flexibility index (Phi) is 13.9. The van der Waals surface area contributed by atoms with Crippen LogP contribution >= 0.6 is 0 Å². The van der Waals surface area contributed by atoms with Crippen molar-refractivity contribution in [1.82, 2.24) is 0 Å². The van der Waals surface area contributed by atoms with Crippen molar-refractivity contribution in [2.24, 2.45) is 0 Å². The van der Waals surface area contributed by atoms with E-state index in [1.54, 1.807) is 0 Å². The predicted molar refractivity (Wildman–Crippen MR) is 114 cm³/mol. The number of nitrogens with zero attached hydrogens (tertiary/aromatic N) is 1. The zero-order valence-corrected chi connectivity index (χ0v) is 18.2. The van der Waals surface area contributed by atoms with Crippen LogP contribution in [-0.4, -0.2) is 31.2 Å². The van der Waals surface area contributed by atoms with Crippen LogP contribution in [0.15, 0.2) is 0 Å². The maximum absolute atomic E-state index is 2.48. The minimum atomic E-state index is 0.954.